The van der Waals surface area contributed by atoms with E-state index < -0.39 is 8.60 Å². The van der Waals surface area contributed by atoms with E-state index in [9.17, 15) is 9.79 Å². The summed E-state index contributed by atoms with van der Waals surface area (Å²) >= 11 is 0. The summed E-state index contributed by atoms with van der Waals surface area (Å²) in [5.41, 5.74) is 10.1. The predicted octanol–water partition coefficient (Wildman–Crippen LogP) is 15.9. The molecule has 6 aromatic rings. The van der Waals surface area contributed by atoms with Gasteiger partial charge in [0.25, 0.3) is 0 Å². The molecule has 0 heterocycles. The lowest BCUT2D eigenvalue weighted by Gasteiger charge is -2.32. The topological polar surface area (TPSA) is 66.8 Å². The maximum absolute atomic E-state index is 15.2. The van der Waals surface area contributed by atoms with Crippen LogP contribution in [0.5, 0.6) is 5.75 Å². The van der Waals surface area contributed by atoms with Crippen LogP contribution in [0.1, 0.15) is 174 Å². The SMILES string of the molecule is CC(C)(C)c1cc(C(C)(C)C)c2cc(-c3c(OP(O)O)ccc(C(=O)c4ccccc4)c3-c3cc4c(C(C)(C)C)cc(C(C)(C)C)cc4cc3C(C)(C)C)c(C(C)(C)C)cc2c1. The van der Waals surface area contributed by atoms with E-state index in [0.29, 0.717) is 28.0 Å². The fraction of sp³-hybridized carbons (Fsp3) is 0.421. The van der Waals surface area contributed by atoms with Crippen LogP contribution in [-0.4, -0.2) is 15.6 Å². The van der Waals surface area contributed by atoms with Crippen LogP contribution in [0.2, 0.25) is 0 Å². The Morgan fingerprint density at radius 3 is 1.23 bits per heavy atom. The lowest BCUT2D eigenvalue weighted by molar-refractivity contribution is 0.103. The summed E-state index contributed by atoms with van der Waals surface area (Å²) in [5.74, 6) is 0.194. The fourth-order valence-electron chi connectivity index (χ4n) is 8.81. The van der Waals surface area contributed by atoms with Crippen LogP contribution < -0.4 is 4.52 Å². The number of carbonyl (C=O) groups is 1. The summed E-state index contributed by atoms with van der Waals surface area (Å²) in [6.45, 7) is 40.5. The summed E-state index contributed by atoms with van der Waals surface area (Å²) in [4.78, 5) is 36.7. The van der Waals surface area contributed by atoms with E-state index in [4.69, 9.17) is 4.52 Å². The highest BCUT2D eigenvalue weighted by atomic mass is 31.2. The predicted molar refractivity (Wildman–Crippen MR) is 266 cm³/mol. The minimum Gasteiger partial charge on any atom is -0.426 e. The van der Waals surface area contributed by atoms with Gasteiger partial charge in [0, 0.05) is 22.3 Å². The Morgan fingerprint density at radius 2 is 0.855 bits per heavy atom. The highest BCUT2D eigenvalue weighted by Crippen LogP contribution is 2.53. The molecule has 328 valence electrons. The minimum absolute atomic E-state index is 0.0746. The van der Waals surface area contributed by atoms with Crippen LogP contribution in [0.25, 0.3) is 43.8 Å². The molecule has 62 heavy (non-hydrogen) atoms. The van der Waals surface area contributed by atoms with E-state index in [-0.39, 0.29) is 38.3 Å². The Balaban J connectivity index is 1.95. The molecular formula is C57H71O4P. The van der Waals surface area contributed by atoms with E-state index >= 15 is 4.79 Å². The first kappa shape index (κ1) is 47.1. The van der Waals surface area contributed by atoms with Crippen molar-refractivity contribution in [3.8, 4) is 28.0 Å². The highest BCUT2D eigenvalue weighted by molar-refractivity contribution is 7.39. The van der Waals surface area contributed by atoms with Gasteiger partial charge in [0.2, 0.25) is 0 Å². The molecule has 0 saturated heterocycles. The molecule has 2 N–H and O–H groups in total. The Hall–Kier alpha value is -4.34. The second kappa shape index (κ2) is 16.0. The van der Waals surface area contributed by atoms with Gasteiger partial charge >= 0.3 is 8.60 Å². The molecule has 0 radical (unpaired) electrons. The van der Waals surface area contributed by atoms with Crippen LogP contribution >= 0.6 is 8.60 Å². The lowest BCUT2D eigenvalue weighted by atomic mass is 9.72. The summed E-state index contributed by atoms with van der Waals surface area (Å²) in [6, 6.07) is 31.7. The Bertz CT molecular complexity index is 2680. The van der Waals surface area contributed by atoms with Crippen molar-refractivity contribution in [2.24, 2.45) is 0 Å². The quantitative estimate of drug-likeness (QED) is 0.129. The van der Waals surface area contributed by atoms with Crippen LogP contribution in [0.3, 0.4) is 0 Å². The number of carbonyl (C=O) groups excluding carboxylic acids is 1. The molecule has 0 aliphatic carbocycles. The van der Waals surface area contributed by atoms with Crippen LogP contribution in [0.15, 0.2) is 91.0 Å². The highest BCUT2D eigenvalue weighted by Gasteiger charge is 2.34. The van der Waals surface area contributed by atoms with Gasteiger partial charge < -0.3 is 14.3 Å². The van der Waals surface area contributed by atoms with Crippen molar-refractivity contribution in [2.75, 3.05) is 0 Å². The van der Waals surface area contributed by atoms with Gasteiger partial charge in [0.15, 0.2) is 5.78 Å². The smallest absolute Gasteiger partial charge is 0.391 e. The third kappa shape index (κ3) is 9.45. The molecule has 0 aliphatic heterocycles. The van der Waals surface area contributed by atoms with Gasteiger partial charge in [-0.2, -0.15) is 0 Å². The number of rotatable bonds is 6. The summed E-state index contributed by atoms with van der Waals surface area (Å²) < 4.78 is 6.15. The molecule has 0 aliphatic rings. The van der Waals surface area contributed by atoms with Crippen LogP contribution in [0, 0.1) is 0 Å². The van der Waals surface area contributed by atoms with E-state index in [0.717, 1.165) is 43.8 Å². The number of benzene rings is 6. The van der Waals surface area contributed by atoms with Crippen molar-refractivity contribution in [3.05, 3.63) is 136 Å². The monoisotopic (exact) mass is 851 g/mol. The van der Waals surface area contributed by atoms with Crippen LogP contribution in [-0.2, 0) is 32.5 Å². The van der Waals surface area contributed by atoms with Gasteiger partial charge in [0.05, 0.1) is 0 Å². The van der Waals surface area contributed by atoms with Crippen LogP contribution in [0.4, 0.5) is 0 Å². The molecule has 6 rings (SSSR count). The van der Waals surface area contributed by atoms with E-state index in [1.54, 1.807) is 6.07 Å². The first-order valence-corrected chi connectivity index (χ1v) is 23.3. The maximum Gasteiger partial charge on any atom is 0.391 e. The standard InChI is InChI=1S/C57H71O4P/c1-52(2,3)37-26-35-28-44(54(7,8)9)42(32-40(35)46(30-37)56(13,14)15)49-39(51(58)34-22-20-19-21-23-34)24-25-48(61-62(59)60)50(49)43-33-41-36(29-45(43)55(10,11)12)27-38(53(4,5)6)31-47(41)57(16,17)18/h19-33,59-60H,1-18H3. The van der Waals surface area contributed by atoms with Gasteiger partial charge in [-0.25, -0.2) is 0 Å². The third-order valence-electron chi connectivity index (χ3n) is 12.3. The summed E-state index contributed by atoms with van der Waals surface area (Å²) in [5, 5.41) is 4.53. The van der Waals surface area contributed by atoms with E-state index in [2.05, 4.69) is 173 Å². The molecule has 0 atom stereocenters. The molecule has 0 unspecified atom stereocenters. The summed E-state index contributed by atoms with van der Waals surface area (Å²) in [6.07, 6.45) is 0. The van der Waals surface area contributed by atoms with Gasteiger partial charge in [-0.15, -0.1) is 0 Å². The zero-order chi connectivity index (χ0) is 46.3. The first-order valence-electron chi connectivity index (χ1n) is 22.2. The first-order chi connectivity index (χ1) is 28.3. The number of fused-ring (bicyclic) bond motifs is 2. The molecule has 4 nitrogen and oxygen atoms in total. The van der Waals surface area contributed by atoms with Crippen molar-refractivity contribution < 1.29 is 19.1 Å². The number of ketones is 1. The van der Waals surface area contributed by atoms with Gasteiger partial charge in [0.1, 0.15) is 5.75 Å². The van der Waals surface area contributed by atoms with Crippen molar-refractivity contribution >= 4 is 35.9 Å². The largest absolute Gasteiger partial charge is 0.426 e. The normalized spacial score (nSPS) is 13.4. The zero-order valence-electron chi connectivity index (χ0n) is 40.8. The fourth-order valence-corrected chi connectivity index (χ4v) is 9.14. The Morgan fingerprint density at radius 1 is 0.452 bits per heavy atom. The van der Waals surface area contributed by atoms with Gasteiger partial charge in [-0.3, -0.25) is 4.79 Å². The number of hydrogen-bond donors (Lipinski definition) is 2. The second-order valence-electron chi connectivity index (χ2n) is 23.7. The van der Waals surface area contributed by atoms with Crippen molar-refractivity contribution in [3.63, 3.8) is 0 Å². The van der Waals surface area contributed by atoms with Gasteiger partial charge in [-0.1, -0.05) is 179 Å². The zero-order valence-corrected chi connectivity index (χ0v) is 41.7. The van der Waals surface area contributed by atoms with Crippen molar-refractivity contribution in [2.45, 2.75) is 157 Å². The average Bonchev–Trinajstić information content (AvgIpc) is 3.13. The molecule has 6 aromatic carbocycles. The van der Waals surface area contributed by atoms with E-state index in [1.165, 1.54) is 22.3 Å². The maximum atomic E-state index is 15.2. The molecule has 0 aromatic heterocycles. The number of hydrogen-bond acceptors (Lipinski definition) is 4. The molecule has 0 fully saturated rings. The molecule has 0 saturated carbocycles. The molecular weight excluding hydrogens is 780 g/mol. The van der Waals surface area contributed by atoms with Gasteiger partial charge in [-0.05, 0) is 135 Å². The Labute approximate surface area is 374 Å². The van der Waals surface area contributed by atoms with Crippen molar-refractivity contribution in [1.29, 1.82) is 0 Å². The van der Waals surface area contributed by atoms with E-state index in [1.807, 2.05) is 36.4 Å². The molecule has 5 heteroatoms. The third-order valence-corrected chi connectivity index (χ3v) is 12.7. The molecule has 0 amide bonds. The molecule has 0 bridgehead atoms. The van der Waals surface area contributed by atoms with Crippen molar-refractivity contribution in [1.82, 2.24) is 0 Å². The Kier molecular flexibility index (Phi) is 12.2. The minimum atomic E-state index is -2.83. The lowest BCUT2D eigenvalue weighted by Crippen LogP contribution is -2.19. The summed E-state index contributed by atoms with van der Waals surface area (Å²) in [7, 11) is -2.83. The average molecular weight is 851 g/mol. The molecule has 0 spiro atoms. The second-order valence-corrected chi connectivity index (χ2v) is 24.4.